The van der Waals surface area contributed by atoms with Crippen molar-refractivity contribution in [2.24, 2.45) is 5.92 Å². The van der Waals surface area contributed by atoms with Gasteiger partial charge in [-0.15, -0.1) is 12.4 Å². The van der Waals surface area contributed by atoms with Crippen LogP contribution in [-0.2, 0) is 9.59 Å². The Morgan fingerprint density at radius 1 is 1.00 bits per heavy atom. The van der Waals surface area contributed by atoms with Crippen molar-refractivity contribution in [2.75, 3.05) is 50.7 Å². The van der Waals surface area contributed by atoms with Crippen LogP contribution in [0.2, 0.25) is 0 Å². The SMILES string of the molecule is Cc1cc(C)cc(N2CCC(C(=O)N3CCC(N4CCNCC4)C3)C2=O)c1.Cl. The summed E-state index contributed by atoms with van der Waals surface area (Å²) >= 11 is 0. The number of likely N-dealkylation sites (tertiary alicyclic amines) is 1. The second-order valence-corrected chi connectivity index (χ2v) is 8.19. The fraction of sp³-hybridized carbons (Fsp3) is 0.619. The number of anilines is 1. The van der Waals surface area contributed by atoms with E-state index in [4.69, 9.17) is 0 Å². The van der Waals surface area contributed by atoms with Crippen LogP contribution in [-0.4, -0.2) is 73.5 Å². The molecule has 2 atom stereocenters. The summed E-state index contributed by atoms with van der Waals surface area (Å²) in [5.74, 6) is -0.507. The lowest BCUT2D eigenvalue weighted by atomic mass is 10.1. The van der Waals surface area contributed by atoms with Crippen molar-refractivity contribution in [1.29, 1.82) is 0 Å². The highest BCUT2D eigenvalue weighted by atomic mass is 35.5. The molecule has 4 rings (SSSR count). The van der Waals surface area contributed by atoms with Crippen molar-refractivity contribution in [2.45, 2.75) is 32.7 Å². The maximum absolute atomic E-state index is 13.0. The smallest absolute Gasteiger partial charge is 0.239 e. The number of hydrogen-bond donors (Lipinski definition) is 1. The molecule has 0 saturated carbocycles. The van der Waals surface area contributed by atoms with E-state index in [1.165, 1.54) is 0 Å². The Morgan fingerprint density at radius 3 is 2.36 bits per heavy atom. The molecule has 3 saturated heterocycles. The Kier molecular flexibility index (Phi) is 6.63. The average Bonchev–Trinajstić information content (AvgIpc) is 3.28. The van der Waals surface area contributed by atoms with Gasteiger partial charge in [-0.25, -0.2) is 0 Å². The maximum Gasteiger partial charge on any atom is 0.239 e. The van der Waals surface area contributed by atoms with Crippen LogP contribution in [0.5, 0.6) is 0 Å². The highest BCUT2D eigenvalue weighted by molar-refractivity contribution is 6.09. The number of carbonyl (C=O) groups excluding carboxylic acids is 2. The topological polar surface area (TPSA) is 55.9 Å². The van der Waals surface area contributed by atoms with Crippen molar-refractivity contribution in [3.05, 3.63) is 29.3 Å². The lowest BCUT2D eigenvalue weighted by Crippen LogP contribution is -2.49. The molecule has 6 nitrogen and oxygen atoms in total. The quantitative estimate of drug-likeness (QED) is 0.774. The standard InChI is InChI=1S/C21H30N4O2.ClH/c1-15-11-16(2)13-18(12-15)25-8-4-19(21(25)27)20(26)24-7-3-17(14-24)23-9-5-22-6-10-23;/h11-13,17,19,22H,3-10,14H2,1-2H3;1H. The third-order valence-electron chi connectivity index (χ3n) is 6.16. The van der Waals surface area contributed by atoms with E-state index in [2.05, 4.69) is 16.3 Å². The summed E-state index contributed by atoms with van der Waals surface area (Å²) in [5, 5.41) is 3.38. The lowest BCUT2D eigenvalue weighted by molar-refractivity contribution is -0.139. The number of aryl methyl sites for hydroxylation is 2. The van der Waals surface area contributed by atoms with Crippen LogP contribution >= 0.6 is 12.4 Å². The van der Waals surface area contributed by atoms with Crippen LogP contribution in [0.25, 0.3) is 0 Å². The summed E-state index contributed by atoms with van der Waals surface area (Å²) in [6, 6.07) is 6.62. The van der Waals surface area contributed by atoms with Gasteiger partial charge in [0.2, 0.25) is 11.8 Å². The van der Waals surface area contributed by atoms with Crippen LogP contribution in [0.15, 0.2) is 18.2 Å². The van der Waals surface area contributed by atoms with Crippen molar-refractivity contribution >= 4 is 29.9 Å². The van der Waals surface area contributed by atoms with Crippen molar-refractivity contribution < 1.29 is 9.59 Å². The Balaban J connectivity index is 0.00000225. The van der Waals surface area contributed by atoms with Crippen LogP contribution in [0.1, 0.15) is 24.0 Å². The molecule has 1 N–H and O–H groups in total. The van der Waals surface area contributed by atoms with Gasteiger partial charge in [-0.3, -0.25) is 14.5 Å². The van der Waals surface area contributed by atoms with Crippen molar-refractivity contribution in [1.82, 2.24) is 15.1 Å². The van der Waals surface area contributed by atoms with Crippen LogP contribution in [0.3, 0.4) is 0 Å². The molecular weight excluding hydrogens is 376 g/mol. The molecule has 1 aromatic carbocycles. The summed E-state index contributed by atoms with van der Waals surface area (Å²) in [7, 11) is 0. The van der Waals surface area contributed by atoms with Gasteiger partial charge in [-0.2, -0.15) is 0 Å². The fourth-order valence-corrected chi connectivity index (χ4v) is 4.78. The molecule has 0 spiro atoms. The molecule has 28 heavy (non-hydrogen) atoms. The number of piperazine rings is 1. The molecule has 1 aromatic rings. The molecular formula is C21H31ClN4O2. The van der Waals surface area contributed by atoms with E-state index in [1.54, 1.807) is 4.90 Å². The molecule has 3 aliphatic heterocycles. The van der Waals surface area contributed by atoms with E-state index >= 15 is 0 Å². The summed E-state index contributed by atoms with van der Waals surface area (Å²) in [4.78, 5) is 32.2. The molecule has 2 amide bonds. The molecule has 0 aromatic heterocycles. The maximum atomic E-state index is 13.0. The molecule has 0 radical (unpaired) electrons. The number of halogens is 1. The largest absolute Gasteiger partial charge is 0.340 e. The molecule has 3 fully saturated rings. The first-order chi connectivity index (χ1) is 13.0. The number of carbonyl (C=O) groups is 2. The Labute approximate surface area is 173 Å². The highest BCUT2D eigenvalue weighted by Crippen LogP contribution is 2.29. The predicted octanol–water partition coefficient (Wildman–Crippen LogP) is 1.58. The third kappa shape index (κ3) is 4.19. The summed E-state index contributed by atoms with van der Waals surface area (Å²) in [6.07, 6.45) is 1.65. The van der Waals surface area contributed by atoms with Gasteiger partial charge in [-0.1, -0.05) is 6.07 Å². The average molecular weight is 407 g/mol. The van der Waals surface area contributed by atoms with Gasteiger partial charge in [0.05, 0.1) is 0 Å². The van der Waals surface area contributed by atoms with Gasteiger partial charge in [0.1, 0.15) is 5.92 Å². The monoisotopic (exact) mass is 406 g/mol. The van der Waals surface area contributed by atoms with Crippen LogP contribution in [0.4, 0.5) is 5.69 Å². The van der Waals surface area contributed by atoms with Gasteiger partial charge in [0, 0.05) is 57.5 Å². The van der Waals surface area contributed by atoms with Crippen molar-refractivity contribution in [3.63, 3.8) is 0 Å². The van der Waals surface area contributed by atoms with Gasteiger partial charge in [0.25, 0.3) is 0 Å². The van der Waals surface area contributed by atoms with Crippen molar-refractivity contribution in [3.8, 4) is 0 Å². The van der Waals surface area contributed by atoms with E-state index in [-0.39, 0.29) is 24.2 Å². The molecule has 154 valence electrons. The Morgan fingerprint density at radius 2 is 1.68 bits per heavy atom. The summed E-state index contributed by atoms with van der Waals surface area (Å²) in [6.45, 7) is 10.4. The minimum absolute atomic E-state index is 0. The summed E-state index contributed by atoms with van der Waals surface area (Å²) < 4.78 is 0. The zero-order chi connectivity index (χ0) is 19.0. The zero-order valence-electron chi connectivity index (χ0n) is 16.8. The minimum atomic E-state index is -0.507. The number of rotatable bonds is 3. The third-order valence-corrected chi connectivity index (χ3v) is 6.16. The zero-order valence-corrected chi connectivity index (χ0v) is 17.6. The van der Waals surface area contributed by atoms with Gasteiger partial charge >= 0.3 is 0 Å². The molecule has 3 aliphatic rings. The second kappa shape index (κ2) is 8.80. The van der Waals surface area contributed by atoms with Gasteiger partial charge < -0.3 is 15.1 Å². The van der Waals surface area contributed by atoms with Gasteiger partial charge in [0.15, 0.2) is 0 Å². The fourth-order valence-electron chi connectivity index (χ4n) is 4.78. The number of amides is 2. The van der Waals surface area contributed by atoms with E-state index in [9.17, 15) is 9.59 Å². The second-order valence-electron chi connectivity index (χ2n) is 8.19. The molecule has 2 unspecified atom stereocenters. The minimum Gasteiger partial charge on any atom is -0.340 e. The molecule has 0 aliphatic carbocycles. The first-order valence-corrected chi connectivity index (χ1v) is 10.2. The molecule has 0 bridgehead atoms. The first-order valence-electron chi connectivity index (χ1n) is 10.2. The number of benzene rings is 1. The van der Waals surface area contributed by atoms with Crippen LogP contribution < -0.4 is 10.2 Å². The van der Waals surface area contributed by atoms with E-state index in [0.29, 0.717) is 19.0 Å². The summed E-state index contributed by atoms with van der Waals surface area (Å²) in [5.41, 5.74) is 3.21. The Bertz CT molecular complexity index is 715. The number of nitrogens with zero attached hydrogens (tertiary/aromatic N) is 3. The first kappa shape index (κ1) is 21.1. The normalized spacial score (nSPS) is 25.9. The van der Waals surface area contributed by atoms with E-state index in [1.807, 2.05) is 30.9 Å². The molecule has 3 heterocycles. The number of nitrogens with one attached hydrogen (secondary N) is 1. The van der Waals surface area contributed by atoms with Crippen LogP contribution in [0, 0.1) is 19.8 Å². The highest BCUT2D eigenvalue weighted by Gasteiger charge is 2.42. The van der Waals surface area contributed by atoms with E-state index < -0.39 is 5.92 Å². The number of hydrogen-bond acceptors (Lipinski definition) is 4. The predicted molar refractivity (Wildman–Crippen MR) is 113 cm³/mol. The van der Waals surface area contributed by atoms with E-state index in [0.717, 1.165) is 62.5 Å². The molecule has 7 heteroatoms. The Hall–Kier alpha value is -1.63. The lowest BCUT2D eigenvalue weighted by Gasteiger charge is -2.32. The van der Waals surface area contributed by atoms with Gasteiger partial charge in [-0.05, 0) is 49.9 Å².